The summed E-state index contributed by atoms with van der Waals surface area (Å²) in [4.78, 5) is 10.9. The summed E-state index contributed by atoms with van der Waals surface area (Å²) < 4.78 is 19.0. The Balaban J connectivity index is 1.47. The van der Waals surface area contributed by atoms with Crippen molar-refractivity contribution < 1.29 is 14.2 Å². The van der Waals surface area contributed by atoms with E-state index in [4.69, 9.17) is 10.5 Å². The number of nitrogen functional groups attached to an aromatic ring is 1. The van der Waals surface area contributed by atoms with Crippen molar-refractivity contribution in [3.63, 3.8) is 0 Å². The molecule has 2 heterocycles. The van der Waals surface area contributed by atoms with E-state index in [1.807, 2.05) is 30.3 Å². The fourth-order valence-electron chi connectivity index (χ4n) is 4.01. The molecule has 0 spiro atoms. The Morgan fingerprint density at radius 3 is 2.80 bits per heavy atom. The van der Waals surface area contributed by atoms with Gasteiger partial charge in [-0.2, -0.15) is 9.97 Å². The smallest absolute Gasteiger partial charge is 0.318 e. The van der Waals surface area contributed by atoms with E-state index in [-0.39, 0.29) is 6.01 Å². The molecule has 2 aromatic rings. The van der Waals surface area contributed by atoms with Crippen molar-refractivity contribution in [2.75, 3.05) is 25.4 Å². The first-order valence-electron chi connectivity index (χ1n) is 10.7. The maximum atomic E-state index is 13.4. The lowest BCUT2D eigenvalue weighted by atomic mass is 9.99. The largest absolute Gasteiger partial charge is 0.463 e. The summed E-state index contributed by atoms with van der Waals surface area (Å²) >= 11 is 0. The normalized spacial score (nSPS) is 19.6. The zero-order valence-electron chi connectivity index (χ0n) is 17.4. The lowest BCUT2D eigenvalue weighted by Crippen LogP contribution is -2.20. The second-order valence-corrected chi connectivity index (χ2v) is 8.05. The highest BCUT2D eigenvalue weighted by Crippen LogP contribution is 2.38. The molecule has 0 saturated carbocycles. The second kappa shape index (κ2) is 9.10. The van der Waals surface area contributed by atoms with Crippen LogP contribution in [-0.2, 0) is 13.0 Å². The van der Waals surface area contributed by atoms with E-state index in [0.29, 0.717) is 37.5 Å². The summed E-state index contributed by atoms with van der Waals surface area (Å²) in [7, 11) is 0. The van der Waals surface area contributed by atoms with E-state index in [2.05, 4.69) is 21.8 Å². The number of hydrogen-bond donors (Lipinski definition) is 2. The van der Waals surface area contributed by atoms with Crippen molar-refractivity contribution in [1.82, 2.24) is 14.9 Å². The highest BCUT2D eigenvalue weighted by Gasteiger charge is 2.27. The fourth-order valence-corrected chi connectivity index (χ4v) is 4.01. The number of alkyl halides is 1. The van der Waals surface area contributed by atoms with Gasteiger partial charge in [-0.25, -0.2) is 4.39 Å². The predicted octanol–water partition coefficient (Wildman–Crippen LogP) is 3.45. The molecule has 2 atom stereocenters. The Hall–Kier alpha value is -2.51. The maximum absolute atomic E-state index is 13.4. The third-order valence-corrected chi connectivity index (χ3v) is 5.76. The van der Waals surface area contributed by atoms with Crippen LogP contribution in [0.1, 0.15) is 54.7 Å². The predicted molar refractivity (Wildman–Crippen MR) is 115 cm³/mol. The van der Waals surface area contributed by atoms with E-state index in [1.54, 1.807) is 0 Å². The Bertz CT molecular complexity index is 916. The molecule has 1 aliphatic carbocycles. The number of anilines is 1. The van der Waals surface area contributed by atoms with E-state index in [0.717, 1.165) is 48.2 Å². The van der Waals surface area contributed by atoms with Crippen LogP contribution in [0.15, 0.2) is 30.3 Å². The maximum Gasteiger partial charge on any atom is 0.318 e. The van der Waals surface area contributed by atoms with Crippen LogP contribution in [0.25, 0.3) is 5.57 Å². The second-order valence-electron chi connectivity index (χ2n) is 8.05. The molecule has 3 N–H and O–H groups in total. The van der Waals surface area contributed by atoms with Crippen LogP contribution in [0.2, 0.25) is 0 Å². The summed E-state index contributed by atoms with van der Waals surface area (Å²) in [5, 5.41) is 11.0. The van der Waals surface area contributed by atoms with Gasteiger partial charge in [-0.1, -0.05) is 43.7 Å². The zero-order chi connectivity index (χ0) is 21.1. The van der Waals surface area contributed by atoms with Crippen LogP contribution < -0.4 is 10.5 Å². The highest BCUT2D eigenvalue weighted by molar-refractivity contribution is 5.77. The molecule has 2 aliphatic rings. The van der Waals surface area contributed by atoms with Gasteiger partial charge in [0.05, 0.1) is 12.3 Å². The van der Waals surface area contributed by atoms with Crippen molar-refractivity contribution in [3.8, 4) is 6.01 Å². The summed E-state index contributed by atoms with van der Waals surface area (Å²) in [6, 6.07) is 8.09. The highest BCUT2D eigenvalue weighted by atomic mass is 19.1. The third kappa shape index (κ3) is 4.47. The van der Waals surface area contributed by atoms with E-state index >= 15 is 0 Å². The molecule has 1 aromatic heterocycles. The fraction of sp³-hybridized carbons (Fsp3) is 0.478. The van der Waals surface area contributed by atoms with E-state index in [9.17, 15) is 9.50 Å². The number of likely N-dealkylation sites (tertiary alicyclic amines) is 1. The van der Waals surface area contributed by atoms with Gasteiger partial charge in [0.25, 0.3) is 0 Å². The molecule has 7 heteroatoms. The first kappa shape index (κ1) is 20.8. The number of rotatable bonds is 8. The summed E-state index contributed by atoms with van der Waals surface area (Å²) in [6.45, 7) is 4.64. The minimum Gasteiger partial charge on any atom is -0.463 e. The standard InChI is InChI=1S/C23H29FN4O2/c1-2-3-12-30-23-26-20-18(8-9-19(20)22(25)27-23)21(29)16-6-4-15(5-7-16)13-28-11-10-17(24)14-28/h4-8,17,21,29H,2-3,9-14H2,1H3,(H2,25,26,27). The van der Waals surface area contributed by atoms with Crippen molar-refractivity contribution in [2.45, 2.75) is 51.4 Å². The molecule has 1 aliphatic heterocycles. The zero-order valence-corrected chi connectivity index (χ0v) is 17.4. The van der Waals surface area contributed by atoms with Gasteiger partial charge in [0, 0.05) is 30.8 Å². The molecule has 1 saturated heterocycles. The van der Waals surface area contributed by atoms with Gasteiger partial charge >= 0.3 is 6.01 Å². The van der Waals surface area contributed by atoms with Gasteiger partial charge < -0.3 is 15.6 Å². The molecular formula is C23H29FN4O2. The Kier molecular flexibility index (Phi) is 6.29. The number of aliphatic hydroxyl groups is 1. The van der Waals surface area contributed by atoms with Crippen LogP contribution in [-0.4, -0.2) is 45.8 Å². The number of fused-ring (bicyclic) bond motifs is 1. The molecule has 160 valence electrons. The molecule has 0 radical (unpaired) electrons. The first-order valence-corrected chi connectivity index (χ1v) is 10.7. The lowest BCUT2D eigenvalue weighted by Gasteiger charge is -2.17. The summed E-state index contributed by atoms with van der Waals surface area (Å²) in [5.74, 6) is 0.400. The molecule has 30 heavy (non-hydrogen) atoms. The monoisotopic (exact) mass is 412 g/mol. The number of ether oxygens (including phenoxy) is 1. The first-order chi connectivity index (χ1) is 14.5. The van der Waals surface area contributed by atoms with Gasteiger partial charge in [0.1, 0.15) is 18.1 Å². The number of hydrogen-bond acceptors (Lipinski definition) is 6. The minimum absolute atomic E-state index is 0.256. The number of nitrogens with two attached hydrogens (primary N) is 1. The number of nitrogens with zero attached hydrogens (tertiary/aromatic N) is 3. The summed E-state index contributed by atoms with van der Waals surface area (Å²) in [5.41, 5.74) is 10.2. The molecular weight excluding hydrogens is 383 g/mol. The van der Waals surface area contributed by atoms with Crippen LogP contribution >= 0.6 is 0 Å². The van der Waals surface area contributed by atoms with Crippen LogP contribution in [0, 0.1) is 0 Å². The number of benzene rings is 1. The third-order valence-electron chi connectivity index (χ3n) is 5.76. The van der Waals surface area contributed by atoms with Crippen molar-refractivity contribution >= 4 is 11.4 Å². The van der Waals surface area contributed by atoms with Gasteiger partial charge in [-0.3, -0.25) is 4.90 Å². The average Bonchev–Trinajstić information content (AvgIpc) is 3.34. The summed E-state index contributed by atoms with van der Waals surface area (Å²) in [6.07, 6.45) is 3.58. The molecule has 1 aromatic carbocycles. The lowest BCUT2D eigenvalue weighted by molar-refractivity contribution is 0.237. The van der Waals surface area contributed by atoms with Crippen LogP contribution in [0.4, 0.5) is 10.2 Å². The van der Waals surface area contributed by atoms with Crippen LogP contribution in [0.3, 0.4) is 0 Å². The molecule has 0 bridgehead atoms. The van der Waals surface area contributed by atoms with Crippen LogP contribution in [0.5, 0.6) is 6.01 Å². The van der Waals surface area contributed by atoms with Gasteiger partial charge in [0.2, 0.25) is 0 Å². The topological polar surface area (TPSA) is 84.5 Å². The van der Waals surface area contributed by atoms with Crippen molar-refractivity contribution in [2.24, 2.45) is 0 Å². The molecule has 6 nitrogen and oxygen atoms in total. The quantitative estimate of drug-likeness (QED) is 0.646. The van der Waals surface area contributed by atoms with Gasteiger partial charge in [-0.15, -0.1) is 0 Å². The number of unbranched alkanes of at least 4 members (excludes halogenated alkanes) is 1. The number of halogens is 1. The average molecular weight is 413 g/mol. The SMILES string of the molecule is CCCCOc1nc(N)c2c(n1)C(C(O)c1ccc(CN3CCC(F)C3)cc1)=CC2. The Morgan fingerprint density at radius 1 is 1.30 bits per heavy atom. The molecule has 0 amide bonds. The number of aliphatic hydroxyl groups excluding tert-OH is 1. The van der Waals surface area contributed by atoms with E-state index in [1.165, 1.54) is 0 Å². The van der Waals surface area contributed by atoms with Crippen molar-refractivity contribution in [1.29, 1.82) is 0 Å². The van der Waals surface area contributed by atoms with E-state index < -0.39 is 12.3 Å². The number of allylic oxidation sites excluding steroid dienone is 1. The van der Waals surface area contributed by atoms with Crippen molar-refractivity contribution in [3.05, 3.63) is 52.7 Å². The van der Waals surface area contributed by atoms with Gasteiger partial charge in [-0.05, 0) is 30.4 Å². The number of aromatic nitrogens is 2. The Labute approximate surface area is 176 Å². The molecule has 1 fully saturated rings. The van der Waals surface area contributed by atoms with Gasteiger partial charge in [0.15, 0.2) is 0 Å². The molecule has 2 unspecified atom stereocenters. The Morgan fingerprint density at radius 2 is 2.10 bits per heavy atom. The molecule has 4 rings (SSSR count). The minimum atomic E-state index is -0.805.